The van der Waals surface area contributed by atoms with Crippen LogP contribution in [0.5, 0.6) is 5.75 Å². The number of carbonyl (C=O) groups excluding carboxylic acids is 3. The van der Waals surface area contributed by atoms with Crippen LogP contribution in [0, 0.1) is 0 Å². The lowest BCUT2D eigenvalue weighted by molar-refractivity contribution is -0.157. The summed E-state index contributed by atoms with van der Waals surface area (Å²) in [5, 5.41) is 7.65. The SMILES string of the molecule is CCCN(Cc1nc2c(ccc3cc4c(cc32)OCc2cc(-c3cnc(C5C(OC)CN5C(=O)C(NC(=O)OC)c5ccccc5)[nH]3)ccc2-4)[nH]1)C(=O)CNC. The maximum atomic E-state index is 13.9. The Morgan fingerprint density at radius 1 is 1.04 bits per heavy atom. The summed E-state index contributed by atoms with van der Waals surface area (Å²) in [4.78, 5) is 58.9. The van der Waals surface area contributed by atoms with Gasteiger partial charge < -0.3 is 44.6 Å². The molecule has 2 aromatic heterocycles. The zero-order valence-corrected chi connectivity index (χ0v) is 31.7. The van der Waals surface area contributed by atoms with E-state index in [9.17, 15) is 14.4 Å². The molecule has 2 aliphatic rings. The molecule has 8 rings (SSSR count). The summed E-state index contributed by atoms with van der Waals surface area (Å²) in [6, 6.07) is 22.2. The van der Waals surface area contributed by atoms with E-state index in [-0.39, 0.29) is 24.5 Å². The van der Waals surface area contributed by atoms with Crippen molar-refractivity contribution in [2.24, 2.45) is 0 Å². The summed E-state index contributed by atoms with van der Waals surface area (Å²) in [5.41, 5.74) is 7.21. The van der Waals surface area contributed by atoms with Crippen LogP contribution < -0.4 is 15.4 Å². The number of nitrogens with zero attached hydrogens (tertiary/aromatic N) is 4. The van der Waals surface area contributed by atoms with Gasteiger partial charge in [0.25, 0.3) is 5.91 Å². The van der Waals surface area contributed by atoms with Crippen LogP contribution in [0.2, 0.25) is 0 Å². The number of aromatic amines is 2. The lowest BCUT2D eigenvalue weighted by Crippen LogP contribution is -2.59. The summed E-state index contributed by atoms with van der Waals surface area (Å²) < 4.78 is 16.9. The largest absolute Gasteiger partial charge is 0.488 e. The van der Waals surface area contributed by atoms with Crippen molar-refractivity contribution >= 4 is 39.7 Å². The third kappa shape index (κ3) is 6.81. The normalized spacial score (nSPS) is 16.4. The Hall–Kier alpha value is -6.25. The van der Waals surface area contributed by atoms with Crippen LogP contribution in [0.15, 0.2) is 79.0 Å². The summed E-state index contributed by atoms with van der Waals surface area (Å²) in [5.74, 6) is 1.85. The number of amides is 3. The predicted octanol–water partition coefficient (Wildman–Crippen LogP) is 5.62. The Morgan fingerprint density at radius 3 is 2.64 bits per heavy atom. The van der Waals surface area contributed by atoms with Crippen molar-refractivity contribution in [3.05, 3.63) is 102 Å². The van der Waals surface area contributed by atoms with Gasteiger partial charge in [0.15, 0.2) is 0 Å². The van der Waals surface area contributed by atoms with E-state index in [0.717, 1.165) is 67.7 Å². The number of imidazole rings is 2. The van der Waals surface area contributed by atoms with Gasteiger partial charge in [0.05, 0.1) is 49.7 Å². The Bertz CT molecular complexity index is 2430. The van der Waals surface area contributed by atoms with Crippen LogP contribution in [0.3, 0.4) is 0 Å². The van der Waals surface area contributed by atoms with Gasteiger partial charge in [0, 0.05) is 24.6 Å². The molecule has 0 radical (unpaired) electrons. The third-order valence-electron chi connectivity index (χ3n) is 10.6. The summed E-state index contributed by atoms with van der Waals surface area (Å²) in [6.45, 7) is 4.13. The molecule has 1 fully saturated rings. The zero-order chi connectivity index (χ0) is 38.9. The first-order chi connectivity index (χ1) is 27.3. The highest BCUT2D eigenvalue weighted by Crippen LogP contribution is 2.43. The molecule has 0 spiro atoms. The second kappa shape index (κ2) is 15.5. The van der Waals surface area contributed by atoms with Crippen molar-refractivity contribution in [3.8, 4) is 28.1 Å². The number of carbonyl (C=O) groups is 3. The number of H-pyrrole nitrogens is 2. The number of alkyl carbamates (subject to hydrolysis) is 1. The molecule has 0 aliphatic carbocycles. The van der Waals surface area contributed by atoms with Crippen LogP contribution in [0.25, 0.3) is 44.2 Å². The second-order valence-corrected chi connectivity index (χ2v) is 14.1. The van der Waals surface area contributed by atoms with Crippen LogP contribution >= 0.6 is 0 Å². The molecule has 3 amide bonds. The first-order valence-electron chi connectivity index (χ1n) is 18.7. The first kappa shape index (κ1) is 36.7. The van der Waals surface area contributed by atoms with Gasteiger partial charge in [-0.3, -0.25) is 9.59 Å². The first-order valence-corrected chi connectivity index (χ1v) is 18.7. The molecule has 288 valence electrons. The zero-order valence-electron chi connectivity index (χ0n) is 31.7. The quantitative estimate of drug-likeness (QED) is 0.124. The molecule has 14 heteroatoms. The number of benzene rings is 4. The minimum absolute atomic E-state index is 0.0391. The summed E-state index contributed by atoms with van der Waals surface area (Å²) in [6.07, 6.45) is 1.64. The maximum Gasteiger partial charge on any atom is 0.407 e. The Labute approximate surface area is 323 Å². The van der Waals surface area contributed by atoms with Crippen LogP contribution in [-0.4, -0.2) is 94.6 Å². The smallest absolute Gasteiger partial charge is 0.407 e. The molecule has 14 nitrogen and oxygen atoms in total. The molecule has 4 aromatic carbocycles. The van der Waals surface area contributed by atoms with Gasteiger partial charge in [0.2, 0.25) is 5.91 Å². The highest BCUT2D eigenvalue weighted by atomic mass is 16.5. The molecular formula is C42H44N8O6. The van der Waals surface area contributed by atoms with Crippen molar-refractivity contribution in [2.45, 2.75) is 44.7 Å². The fourth-order valence-corrected chi connectivity index (χ4v) is 7.72. The Balaban J connectivity index is 1.04. The molecule has 0 bridgehead atoms. The van der Waals surface area contributed by atoms with Crippen molar-refractivity contribution in [1.82, 2.24) is 40.4 Å². The molecular weight excluding hydrogens is 713 g/mol. The summed E-state index contributed by atoms with van der Waals surface area (Å²) >= 11 is 0. The lowest BCUT2D eigenvalue weighted by Gasteiger charge is -2.47. The number of hydrogen-bond donors (Lipinski definition) is 4. The van der Waals surface area contributed by atoms with E-state index in [1.807, 2.05) is 29.2 Å². The van der Waals surface area contributed by atoms with E-state index in [4.69, 9.17) is 24.2 Å². The van der Waals surface area contributed by atoms with Gasteiger partial charge >= 0.3 is 6.09 Å². The van der Waals surface area contributed by atoms with Crippen molar-refractivity contribution < 1.29 is 28.6 Å². The van der Waals surface area contributed by atoms with E-state index in [2.05, 4.69) is 63.9 Å². The van der Waals surface area contributed by atoms with E-state index < -0.39 is 18.2 Å². The fraction of sp³-hybridized carbons (Fsp3) is 0.310. The van der Waals surface area contributed by atoms with Gasteiger partial charge in [0.1, 0.15) is 42.2 Å². The molecule has 6 aromatic rings. The number of fused-ring (bicyclic) bond motifs is 6. The summed E-state index contributed by atoms with van der Waals surface area (Å²) in [7, 11) is 4.65. The van der Waals surface area contributed by atoms with Crippen molar-refractivity contribution in [2.75, 3.05) is 40.9 Å². The average molecular weight is 757 g/mol. The highest BCUT2D eigenvalue weighted by molar-refractivity contribution is 6.07. The van der Waals surface area contributed by atoms with Gasteiger partial charge in [-0.05, 0) is 65.4 Å². The van der Waals surface area contributed by atoms with E-state index in [0.29, 0.717) is 37.6 Å². The number of nitrogens with one attached hydrogen (secondary N) is 4. The van der Waals surface area contributed by atoms with Gasteiger partial charge in [-0.2, -0.15) is 0 Å². The molecule has 2 aliphatic heterocycles. The molecule has 56 heavy (non-hydrogen) atoms. The van der Waals surface area contributed by atoms with Gasteiger partial charge in [-0.25, -0.2) is 14.8 Å². The van der Waals surface area contributed by atoms with Crippen LogP contribution in [-0.2, 0) is 32.2 Å². The van der Waals surface area contributed by atoms with Gasteiger partial charge in [-0.1, -0.05) is 55.5 Å². The molecule has 0 saturated carbocycles. The monoisotopic (exact) mass is 756 g/mol. The predicted molar refractivity (Wildman–Crippen MR) is 211 cm³/mol. The number of ether oxygens (including phenoxy) is 3. The molecule has 4 N–H and O–H groups in total. The molecule has 3 atom stereocenters. The maximum absolute atomic E-state index is 13.9. The van der Waals surface area contributed by atoms with E-state index in [1.165, 1.54) is 7.11 Å². The Kier molecular flexibility index (Phi) is 10.1. The number of methoxy groups -OCH3 is 2. The number of likely N-dealkylation sites (tertiary alicyclic amines) is 1. The van der Waals surface area contributed by atoms with Crippen LogP contribution in [0.4, 0.5) is 4.79 Å². The molecule has 1 saturated heterocycles. The Morgan fingerprint density at radius 2 is 1.88 bits per heavy atom. The number of hydrogen-bond acceptors (Lipinski definition) is 9. The lowest BCUT2D eigenvalue weighted by atomic mass is 9.92. The second-order valence-electron chi connectivity index (χ2n) is 14.1. The van der Waals surface area contributed by atoms with Crippen LogP contribution in [0.1, 0.15) is 48.2 Å². The number of rotatable bonds is 12. The standard InChI is InChI=1S/C42H44N8O6/c1-5-15-49(36(51)20-43-2)22-35-45-31-14-12-25-17-30-28-13-11-26(16-27(28)23-56-33(30)18-29(25)38(31)47-35)32-19-44-40(46-32)39-34(54-3)21-50(39)41(52)37(48-42(53)55-4)24-9-7-6-8-10-24/h6-14,16-19,34,37,39,43H,5,15,20-23H2,1-4H3,(H,44,46)(H,45,47)(H,48,53). The van der Waals surface area contributed by atoms with Gasteiger partial charge in [-0.15, -0.1) is 0 Å². The number of likely N-dealkylation sites (N-methyl/N-ethyl adjacent to an activating group) is 1. The topological polar surface area (TPSA) is 167 Å². The number of aromatic nitrogens is 4. The van der Waals surface area contributed by atoms with E-state index in [1.54, 1.807) is 37.4 Å². The highest BCUT2D eigenvalue weighted by Gasteiger charge is 2.47. The third-order valence-corrected chi connectivity index (χ3v) is 10.6. The minimum atomic E-state index is -0.941. The fourth-order valence-electron chi connectivity index (χ4n) is 7.72. The van der Waals surface area contributed by atoms with E-state index >= 15 is 0 Å². The minimum Gasteiger partial charge on any atom is -0.488 e. The molecule has 4 heterocycles. The van der Waals surface area contributed by atoms with Crippen molar-refractivity contribution in [3.63, 3.8) is 0 Å². The van der Waals surface area contributed by atoms with Crippen molar-refractivity contribution in [1.29, 1.82) is 0 Å². The average Bonchev–Trinajstić information content (AvgIpc) is 3.86. The molecule has 3 unspecified atom stereocenters.